The lowest BCUT2D eigenvalue weighted by Gasteiger charge is -2.05. The van der Waals surface area contributed by atoms with E-state index in [2.05, 4.69) is 15.4 Å². The summed E-state index contributed by atoms with van der Waals surface area (Å²) in [4.78, 5) is 16.1. The van der Waals surface area contributed by atoms with Gasteiger partial charge < -0.3 is 5.32 Å². The molecule has 1 aromatic carbocycles. The number of benzene rings is 1. The van der Waals surface area contributed by atoms with Crippen molar-refractivity contribution >= 4 is 43.6 Å². The maximum absolute atomic E-state index is 11.3. The molecule has 24 heavy (non-hydrogen) atoms. The number of aryl methyl sites for hydroxylation is 2. The third-order valence-electron chi connectivity index (χ3n) is 3.39. The average molecular weight is 368 g/mol. The highest BCUT2D eigenvalue weighted by molar-refractivity contribution is 7.89. The van der Waals surface area contributed by atoms with Crippen LogP contribution in [0.1, 0.15) is 10.6 Å². The number of nitrogens with one attached hydrogen (secondary N) is 1. The monoisotopic (exact) mass is 368 g/mol. The molecule has 0 saturated heterocycles. The van der Waals surface area contributed by atoms with E-state index in [-0.39, 0.29) is 16.5 Å². The fourth-order valence-electron chi connectivity index (χ4n) is 2.06. The minimum Gasteiger partial charge on any atom is -0.317 e. The Hall–Kier alpha value is -2.57. The van der Waals surface area contributed by atoms with Gasteiger partial charge >= 0.3 is 0 Å². The number of hydrogen-bond acceptors (Lipinski definition) is 8. The highest BCUT2D eigenvalue weighted by atomic mass is 32.2. The molecule has 126 valence electrons. The number of fused-ring (bicyclic) bond motifs is 1. The van der Waals surface area contributed by atoms with Crippen LogP contribution in [0.3, 0.4) is 0 Å². The second-order valence-corrected chi connectivity index (χ2v) is 7.72. The van der Waals surface area contributed by atoms with Gasteiger partial charge in [0, 0.05) is 10.9 Å². The molecule has 0 amide bonds. The smallest absolute Gasteiger partial charge is 0.294 e. The second-order valence-electron chi connectivity index (χ2n) is 4.98. The highest BCUT2D eigenvalue weighted by Crippen LogP contribution is 2.30. The van der Waals surface area contributed by atoms with Gasteiger partial charge in [-0.2, -0.15) is 4.98 Å². The first-order chi connectivity index (χ1) is 11.2. The van der Waals surface area contributed by atoms with Crippen molar-refractivity contribution in [1.29, 1.82) is 0 Å². The number of nitrogens with zero attached hydrogens (tertiary/aromatic N) is 4. The normalized spacial score (nSPS) is 11.8. The summed E-state index contributed by atoms with van der Waals surface area (Å²) in [5.41, 5.74) is 0.558. The molecule has 0 fully saturated rings. The molecule has 0 aliphatic carbocycles. The number of primary sulfonamides is 1. The van der Waals surface area contributed by atoms with Gasteiger partial charge in [0.25, 0.3) is 5.69 Å². The van der Waals surface area contributed by atoms with Crippen molar-refractivity contribution in [2.75, 3.05) is 5.32 Å². The summed E-state index contributed by atoms with van der Waals surface area (Å²) < 4.78 is 24.3. The lowest BCUT2D eigenvalue weighted by Crippen LogP contribution is -2.12. The zero-order chi connectivity index (χ0) is 17.6. The predicted molar refractivity (Wildman–Crippen MR) is 88.1 cm³/mol. The molecule has 3 aromatic rings. The second kappa shape index (κ2) is 5.51. The first-order valence-corrected chi connectivity index (χ1v) is 8.94. The van der Waals surface area contributed by atoms with Crippen LogP contribution in [0.4, 0.5) is 17.3 Å². The van der Waals surface area contributed by atoms with Crippen LogP contribution < -0.4 is 10.5 Å². The predicted octanol–water partition coefficient (Wildman–Crippen LogP) is 1.71. The number of sulfonamides is 1. The number of nitrogens with two attached hydrogens (primary N) is 1. The van der Waals surface area contributed by atoms with Gasteiger partial charge in [0.15, 0.2) is 0 Å². The molecule has 0 spiro atoms. The van der Waals surface area contributed by atoms with Gasteiger partial charge in [-0.3, -0.25) is 10.1 Å². The third-order valence-corrected chi connectivity index (χ3v) is 5.35. The SMILES string of the molecule is Cc1sc2nc(Nc3ccc(S(N)(=O)=O)cc3[N+](=O)[O-])nn2c1C. The van der Waals surface area contributed by atoms with Crippen LogP contribution in [0.2, 0.25) is 0 Å². The average Bonchev–Trinajstić information content (AvgIpc) is 2.98. The van der Waals surface area contributed by atoms with Crippen molar-refractivity contribution in [2.45, 2.75) is 18.7 Å². The van der Waals surface area contributed by atoms with Gasteiger partial charge in [0.2, 0.25) is 20.9 Å². The summed E-state index contributed by atoms with van der Waals surface area (Å²) in [5.74, 6) is 0.177. The van der Waals surface area contributed by atoms with E-state index in [9.17, 15) is 18.5 Å². The van der Waals surface area contributed by atoms with Crippen LogP contribution >= 0.6 is 11.3 Å². The number of anilines is 2. The van der Waals surface area contributed by atoms with Crippen LogP contribution in [-0.4, -0.2) is 27.9 Å². The van der Waals surface area contributed by atoms with Crippen molar-refractivity contribution in [3.8, 4) is 0 Å². The maximum Gasteiger partial charge on any atom is 0.294 e. The molecule has 3 rings (SSSR count). The zero-order valence-corrected chi connectivity index (χ0v) is 14.2. The Balaban J connectivity index is 2.03. The fourth-order valence-corrected chi connectivity index (χ4v) is 3.50. The van der Waals surface area contributed by atoms with E-state index in [1.54, 1.807) is 4.52 Å². The Labute approximate surface area is 140 Å². The van der Waals surface area contributed by atoms with Gasteiger partial charge in [-0.15, -0.1) is 5.10 Å². The summed E-state index contributed by atoms with van der Waals surface area (Å²) in [6.45, 7) is 3.83. The first kappa shape index (κ1) is 16.3. The highest BCUT2D eigenvalue weighted by Gasteiger charge is 2.20. The van der Waals surface area contributed by atoms with Crippen LogP contribution in [0, 0.1) is 24.0 Å². The molecular formula is C12H12N6O4S2. The van der Waals surface area contributed by atoms with E-state index >= 15 is 0 Å². The number of rotatable bonds is 4. The Morgan fingerprint density at radius 2 is 2.08 bits per heavy atom. The van der Waals surface area contributed by atoms with Crippen molar-refractivity contribution in [3.63, 3.8) is 0 Å². The molecule has 0 aliphatic heterocycles. The van der Waals surface area contributed by atoms with Crippen molar-refractivity contribution in [1.82, 2.24) is 14.6 Å². The fraction of sp³-hybridized carbons (Fsp3) is 0.167. The Kier molecular flexibility index (Phi) is 3.74. The van der Waals surface area contributed by atoms with Gasteiger partial charge in [-0.1, -0.05) is 11.3 Å². The molecule has 0 saturated carbocycles. The molecule has 3 N–H and O–H groups in total. The van der Waals surface area contributed by atoms with Crippen LogP contribution in [-0.2, 0) is 10.0 Å². The quantitative estimate of drug-likeness (QED) is 0.526. The van der Waals surface area contributed by atoms with Crippen molar-refractivity contribution in [2.24, 2.45) is 5.14 Å². The molecule has 0 radical (unpaired) electrons. The van der Waals surface area contributed by atoms with E-state index in [0.29, 0.717) is 4.96 Å². The Morgan fingerprint density at radius 1 is 1.38 bits per heavy atom. The van der Waals surface area contributed by atoms with Gasteiger partial charge in [-0.05, 0) is 26.0 Å². The largest absolute Gasteiger partial charge is 0.317 e. The van der Waals surface area contributed by atoms with Gasteiger partial charge in [-0.25, -0.2) is 18.1 Å². The summed E-state index contributed by atoms with van der Waals surface area (Å²) in [7, 11) is -4.04. The zero-order valence-electron chi connectivity index (χ0n) is 12.5. The van der Waals surface area contributed by atoms with Crippen molar-refractivity contribution in [3.05, 3.63) is 38.9 Å². The molecule has 2 heterocycles. The maximum atomic E-state index is 11.3. The molecule has 0 aliphatic rings. The lowest BCUT2D eigenvalue weighted by atomic mass is 10.2. The molecule has 0 atom stereocenters. The van der Waals surface area contributed by atoms with E-state index in [0.717, 1.165) is 16.6 Å². The van der Waals surface area contributed by atoms with Crippen LogP contribution in [0.25, 0.3) is 4.96 Å². The summed E-state index contributed by atoms with van der Waals surface area (Å²) in [6, 6.07) is 3.33. The third kappa shape index (κ3) is 2.81. The minimum absolute atomic E-state index is 0.0695. The van der Waals surface area contributed by atoms with E-state index < -0.39 is 20.6 Å². The topological polar surface area (TPSA) is 146 Å². The lowest BCUT2D eigenvalue weighted by molar-refractivity contribution is -0.384. The number of hydrogen-bond donors (Lipinski definition) is 2. The van der Waals surface area contributed by atoms with Crippen LogP contribution in [0.15, 0.2) is 23.1 Å². The molecular weight excluding hydrogens is 356 g/mol. The molecule has 2 aromatic heterocycles. The molecule has 10 nitrogen and oxygen atoms in total. The Morgan fingerprint density at radius 3 is 2.67 bits per heavy atom. The molecule has 0 bridgehead atoms. The molecule has 12 heteroatoms. The van der Waals surface area contributed by atoms with Gasteiger partial charge in [0.05, 0.1) is 15.5 Å². The van der Waals surface area contributed by atoms with Crippen molar-refractivity contribution < 1.29 is 13.3 Å². The number of nitro groups is 1. The van der Waals surface area contributed by atoms with Gasteiger partial charge in [0.1, 0.15) is 5.69 Å². The van der Waals surface area contributed by atoms with E-state index in [1.807, 2.05) is 13.8 Å². The van der Waals surface area contributed by atoms with E-state index in [1.165, 1.54) is 23.5 Å². The van der Waals surface area contributed by atoms with Crippen LogP contribution in [0.5, 0.6) is 0 Å². The Bertz CT molecular complexity index is 1070. The first-order valence-electron chi connectivity index (χ1n) is 6.58. The number of nitro benzene ring substituents is 1. The summed E-state index contributed by atoms with van der Waals surface area (Å²) in [5, 5.41) is 23.2. The minimum atomic E-state index is -4.04. The summed E-state index contributed by atoms with van der Waals surface area (Å²) in [6.07, 6.45) is 0. The molecule has 0 unspecified atom stereocenters. The summed E-state index contributed by atoms with van der Waals surface area (Å²) >= 11 is 1.45. The number of thiazole rings is 1. The standard InChI is InChI=1S/C12H12N6O4S2/c1-6-7(2)23-12-15-11(16-17(6)12)14-9-4-3-8(24(13,21)22)5-10(9)18(19)20/h3-5H,1-2H3,(H,14,16)(H2,13,21,22). The number of aromatic nitrogens is 3. The van der Waals surface area contributed by atoms with E-state index in [4.69, 9.17) is 5.14 Å².